The highest BCUT2D eigenvalue weighted by Gasteiger charge is 2.30. The Morgan fingerprint density at radius 3 is 2.61 bits per heavy atom. The van der Waals surface area contributed by atoms with E-state index in [1.54, 1.807) is 32.2 Å². The summed E-state index contributed by atoms with van der Waals surface area (Å²) in [5, 5.41) is 0. The number of methoxy groups -OCH3 is 1. The fourth-order valence-corrected chi connectivity index (χ4v) is 3.95. The van der Waals surface area contributed by atoms with Crippen molar-refractivity contribution < 1.29 is 27.1 Å². The summed E-state index contributed by atoms with van der Waals surface area (Å²) in [7, 11) is -2.22. The minimum atomic E-state index is -3.77. The molecule has 0 aromatic heterocycles. The molecule has 28 heavy (non-hydrogen) atoms. The minimum absolute atomic E-state index is 0.0140. The van der Waals surface area contributed by atoms with Crippen molar-refractivity contribution in [3.05, 3.63) is 59.4 Å². The smallest absolute Gasteiger partial charge is 0.414 e. The van der Waals surface area contributed by atoms with Crippen LogP contribution in [0.2, 0.25) is 0 Å². The molecule has 1 atom stereocenters. The van der Waals surface area contributed by atoms with Crippen molar-refractivity contribution in [1.82, 2.24) is 4.72 Å². The first kappa shape index (κ1) is 20.2. The molecule has 9 heteroatoms. The summed E-state index contributed by atoms with van der Waals surface area (Å²) >= 11 is 0. The summed E-state index contributed by atoms with van der Waals surface area (Å²) < 4.78 is 50.6. The van der Waals surface area contributed by atoms with Gasteiger partial charge in [-0.05, 0) is 48.9 Å². The van der Waals surface area contributed by atoms with Gasteiger partial charge in [0, 0.05) is 19.2 Å². The molecule has 7 nitrogen and oxygen atoms in total. The molecule has 0 saturated carbocycles. The second-order valence-electron chi connectivity index (χ2n) is 6.34. The molecule has 1 N–H and O–H groups in total. The lowest BCUT2D eigenvalue weighted by Crippen LogP contribution is -2.39. The van der Waals surface area contributed by atoms with Gasteiger partial charge < -0.3 is 9.47 Å². The number of hydrogen-bond acceptors (Lipinski definition) is 5. The molecule has 0 bridgehead atoms. The fraction of sp³-hybridized carbons (Fsp3) is 0.316. The van der Waals surface area contributed by atoms with Crippen molar-refractivity contribution in [3.8, 4) is 0 Å². The zero-order valence-corrected chi connectivity index (χ0v) is 16.3. The number of halogens is 1. The van der Waals surface area contributed by atoms with E-state index in [4.69, 9.17) is 9.47 Å². The van der Waals surface area contributed by atoms with E-state index in [0.29, 0.717) is 24.4 Å². The highest BCUT2D eigenvalue weighted by atomic mass is 32.2. The number of hydrogen-bond donors (Lipinski definition) is 1. The number of benzene rings is 2. The van der Waals surface area contributed by atoms with E-state index >= 15 is 0 Å². The lowest BCUT2D eigenvalue weighted by molar-refractivity contribution is 0.105. The summed E-state index contributed by atoms with van der Waals surface area (Å²) in [6.45, 7) is 2.52. The number of nitrogens with zero attached hydrogens (tertiary/aromatic N) is 1. The number of anilines is 1. The van der Waals surface area contributed by atoms with Gasteiger partial charge in [-0.25, -0.2) is 22.3 Å². The number of sulfonamides is 1. The maximum atomic E-state index is 13.0. The van der Waals surface area contributed by atoms with E-state index in [0.717, 1.165) is 17.7 Å². The van der Waals surface area contributed by atoms with E-state index in [-0.39, 0.29) is 11.4 Å². The van der Waals surface area contributed by atoms with Crippen LogP contribution in [0.1, 0.15) is 24.2 Å². The number of fused-ring (bicyclic) bond motifs is 1. The number of cyclic esters (lactones) is 1. The fourth-order valence-electron chi connectivity index (χ4n) is 2.93. The first-order chi connectivity index (χ1) is 13.3. The Bertz CT molecular complexity index is 963. The van der Waals surface area contributed by atoms with Crippen LogP contribution in [-0.2, 0) is 26.0 Å². The Morgan fingerprint density at radius 1 is 1.21 bits per heavy atom. The molecule has 1 amide bonds. The molecule has 1 unspecified atom stereocenters. The highest BCUT2D eigenvalue weighted by Crippen LogP contribution is 2.35. The molecule has 0 saturated heterocycles. The summed E-state index contributed by atoms with van der Waals surface area (Å²) in [4.78, 5) is 13.6. The minimum Gasteiger partial charge on any atom is -0.441 e. The molecule has 1 heterocycles. The van der Waals surface area contributed by atoms with E-state index < -0.39 is 28.0 Å². The molecule has 2 aromatic carbocycles. The molecular formula is C19H21FN2O5S. The van der Waals surface area contributed by atoms with Crippen molar-refractivity contribution in [2.24, 2.45) is 0 Å². The predicted octanol–water partition coefficient (Wildman–Crippen LogP) is 2.97. The number of ether oxygens (including phenoxy) is 2. The van der Waals surface area contributed by atoms with E-state index in [1.165, 1.54) is 17.0 Å². The van der Waals surface area contributed by atoms with Crippen molar-refractivity contribution in [3.63, 3.8) is 0 Å². The molecule has 0 spiro atoms. The first-order valence-corrected chi connectivity index (χ1v) is 10.2. The van der Waals surface area contributed by atoms with Crippen LogP contribution in [0.4, 0.5) is 14.9 Å². The zero-order valence-electron chi connectivity index (χ0n) is 15.5. The SMILES string of the molecule is COCCN1C(=O)OC(C)c2cc(CNS(=O)(=O)c3ccc(F)cc3)ccc21. The van der Waals surface area contributed by atoms with Crippen molar-refractivity contribution >= 4 is 21.8 Å². The number of amides is 1. The summed E-state index contributed by atoms with van der Waals surface area (Å²) in [6.07, 6.45) is -0.892. The van der Waals surface area contributed by atoms with Gasteiger partial charge >= 0.3 is 6.09 Å². The highest BCUT2D eigenvalue weighted by molar-refractivity contribution is 7.89. The van der Waals surface area contributed by atoms with Crippen LogP contribution in [0.25, 0.3) is 0 Å². The Balaban J connectivity index is 1.78. The number of rotatable bonds is 7. The van der Waals surface area contributed by atoms with Gasteiger partial charge in [0.2, 0.25) is 10.0 Å². The third-order valence-electron chi connectivity index (χ3n) is 4.43. The number of carbonyl (C=O) groups excluding carboxylic acids is 1. The van der Waals surface area contributed by atoms with Crippen LogP contribution in [0.15, 0.2) is 47.4 Å². The van der Waals surface area contributed by atoms with E-state index in [2.05, 4.69) is 4.72 Å². The average Bonchev–Trinajstić information content (AvgIpc) is 2.67. The van der Waals surface area contributed by atoms with Crippen molar-refractivity contribution in [2.45, 2.75) is 24.5 Å². The Morgan fingerprint density at radius 2 is 1.93 bits per heavy atom. The summed E-state index contributed by atoms with van der Waals surface area (Å²) in [5.41, 5.74) is 2.21. The molecular weight excluding hydrogens is 387 g/mol. The van der Waals surface area contributed by atoms with Crippen LogP contribution in [0.5, 0.6) is 0 Å². The lowest BCUT2D eigenvalue weighted by atomic mass is 10.0. The van der Waals surface area contributed by atoms with Gasteiger partial charge in [0.05, 0.1) is 23.7 Å². The van der Waals surface area contributed by atoms with Crippen LogP contribution in [0, 0.1) is 5.82 Å². The van der Waals surface area contributed by atoms with Crippen molar-refractivity contribution in [2.75, 3.05) is 25.2 Å². The van der Waals surface area contributed by atoms with Crippen LogP contribution in [-0.4, -0.2) is 34.8 Å². The van der Waals surface area contributed by atoms with Gasteiger partial charge in [-0.3, -0.25) is 4.90 Å². The first-order valence-electron chi connectivity index (χ1n) is 8.67. The summed E-state index contributed by atoms with van der Waals surface area (Å²) in [5.74, 6) is -0.504. The molecule has 3 rings (SSSR count). The standard InChI is InChI=1S/C19H21FN2O5S/c1-13-17-11-14(3-8-18(17)22(9-10-26-2)19(23)27-13)12-21-28(24,25)16-6-4-15(20)5-7-16/h3-8,11,13,21H,9-10,12H2,1-2H3. The van der Waals surface area contributed by atoms with Gasteiger partial charge in [-0.15, -0.1) is 0 Å². The van der Waals surface area contributed by atoms with Crippen molar-refractivity contribution in [1.29, 1.82) is 0 Å². The average molecular weight is 408 g/mol. The monoisotopic (exact) mass is 408 g/mol. The third-order valence-corrected chi connectivity index (χ3v) is 5.85. The molecule has 1 aliphatic heterocycles. The maximum Gasteiger partial charge on any atom is 0.414 e. The van der Waals surface area contributed by atoms with Crippen LogP contribution < -0.4 is 9.62 Å². The van der Waals surface area contributed by atoms with Gasteiger partial charge in [-0.2, -0.15) is 0 Å². The normalized spacial score (nSPS) is 16.6. The quantitative estimate of drug-likeness (QED) is 0.761. The summed E-state index contributed by atoms with van der Waals surface area (Å²) in [6, 6.07) is 9.93. The van der Waals surface area contributed by atoms with Gasteiger partial charge in [0.15, 0.2) is 0 Å². The van der Waals surface area contributed by atoms with Crippen LogP contribution >= 0.6 is 0 Å². The Hall–Kier alpha value is -2.49. The third kappa shape index (κ3) is 4.32. The molecule has 0 fully saturated rings. The Kier molecular flexibility index (Phi) is 5.97. The van der Waals surface area contributed by atoms with E-state index in [9.17, 15) is 17.6 Å². The lowest BCUT2D eigenvalue weighted by Gasteiger charge is -2.32. The molecule has 0 aliphatic carbocycles. The zero-order chi connectivity index (χ0) is 20.3. The van der Waals surface area contributed by atoms with Gasteiger partial charge in [0.25, 0.3) is 0 Å². The van der Waals surface area contributed by atoms with Gasteiger partial charge in [-0.1, -0.05) is 6.07 Å². The molecule has 0 radical (unpaired) electrons. The second-order valence-corrected chi connectivity index (χ2v) is 8.11. The largest absolute Gasteiger partial charge is 0.441 e. The number of nitrogens with one attached hydrogen (secondary N) is 1. The van der Waals surface area contributed by atoms with Crippen LogP contribution in [0.3, 0.4) is 0 Å². The molecule has 1 aliphatic rings. The topological polar surface area (TPSA) is 84.9 Å². The molecule has 150 valence electrons. The molecule has 2 aromatic rings. The maximum absolute atomic E-state index is 13.0. The Labute approximate surface area is 163 Å². The van der Waals surface area contributed by atoms with E-state index in [1.807, 2.05) is 0 Å². The van der Waals surface area contributed by atoms with Gasteiger partial charge in [0.1, 0.15) is 11.9 Å². The number of carbonyl (C=O) groups is 1. The second kappa shape index (κ2) is 8.26. The predicted molar refractivity (Wildman–Crippen MR) is 101 cm³/mol.